The van der Waals surface area contributed by atoms with Crippen LogP contribution in [0.1, 0.15) is 27.4 Å². The number of benzene rings is 3. The zero-order chi connectivity index (χ0) is 23.2. The van der Waals surface area contributed by atoms with Crippen molar-refractivity contribution in [1.82, 2.24) is 0 Å². The molecule has 2 aliphatic rings. The minimum atomic E-state index is -1.70. The number of anilines is 1. The normalized spacial score (nSPS) is 25.1. The number of nitrogens with zero attached hydrogens (tertiary/aromatic N) is 2. The molecule has 5 rings (SSSR count). The van der Waals surface area contributed by atoms with Crippen LogP contribution in [0.4, 0.5) is 5.69 Å². The number of carbonyl (C=O) groups is 2. The lowest BCUT2D eigenvalue weighted by atomic mass is 9.67. The lowest BCUT2D eigenvalue weighted by molar-refractivity contribution is -0.125. The summed E-state index contributed by atoms with van der Waals surface area (Å²) in [7, 11) is 0. The molecular weight excluding hydrogens is 434 g/mol. The summed E-state index contributed by atoms with van der Waals surface area (Å²) < 4.78 is 0. The van der Waals surface area contributed by atoms with Crippen LogP contribution in [0.3, 0.4) is 0 Å². The highest BCUT2D eigenvalue weighted by Crippen LogP contribution is 2.56. The van der Waals surface area contributed by atoms with E-state index in [-0.39, 0.29) is 5.78 Å². The van der Waals surface area contributed by atoms with Gasteiger partial charge in [0.15, 0.2) is 11.2 Å². The molecule has 3 aromatic carbocycles. The number of nitriles is 1. The number of hydrogen-bond donors (Lipinski definition) is 1. The van der Waals surface area contributed by atoms with Gasteiger partial charge in [0.2, 0.25) is 5.91 Å². The first-order valence-electron chi connectivity index (χ1n) is 10.6. The van der Waals surface area contributed by atoms with Crippen LogP contribution in [-0.4, -0.2) is 23.8 Å². The fourth-order valence-electron chi connectivity index (χ4n) is 5.27. The molecule has 2 N–H and O–H groups in total. The van der Waals surface area contributed by atoms with Gasteiger partial charge < -0.3 is 10.6 Å². The second kappa shape index (κ2) is 7.91. The number of hydrogen-bond acceptors (Lipinski definition) is 4. The number of carbonyl (C=O) groups excluding carboxylic acids is 2. The number of fused-ring (bicyclic) bond motifs is 3. The van der Waals surface area contributed by atoms with Crippen LogP contribution in [0, 0.1) is 16.7 Å². The zero-order valence-corrected chi connectivity index (χ0v) is 18.3. The molecule has 2 aliphatic heterocycles. The van der Waals surface area contributed by atoms with E-state index in [1.165, 1.54) is 0 Å². The van der Waals surface area contributed by atoms with Gasteiger partial charge in [-0.15, -0.1) is 0 Å². The Hall–Kier alpha value is -3.88. The van der Waals surface area contributed by atoms with Crippen LogP contribution in [0.25, 0.3) is 6.08 Å². The molecule has 2 heterocycles. The van der Waals surface area contributed by atoms with Crippen LogP contribution in [-0.2, 0) is 4.79 Å². The van der Waals surface area contributed by atoms with Crippen molar-refractivity contribution in [1.29, 1.82) is 5.26 Å². The van der Waals surface area contributed by atoms with Crippen LogP contribution in [0.15, 0.2) is 84.9 Å². The number of Topliss-reactive ketones (excluding diaryl/α,β-unsaturated/α-hetero) is 1. The molecule has 6 heteroatoms. The second-order valence-corrected chi connectivity index (χ2v) is 8.70. The van der Waals surface area contributed by atoms with E-state index in [1.54, 1.807) is 54.6 Å². The van der Waals surface area contributed by atoms with Crippen molar-refractivity contribution in [2.45, 2.75) is 18.0 Å². The molecule has 1 saturated heterocycles. The standard InChI is InChI=1S/C27H20ClN3O2/c28-20-12-6-5-11-19(20)23-24(25(32)18-9-2-1-3-10-18)31-21-13-7-4-8-17(21)14-15-22(31)27(23,16-29)26(30)33/h1-15,22-24H,(H2,30,33). The Kier molecular flexibility index (Phi) is 5.03. The van der Waals surface area contributed by atoms with E-state index in [4.69, 9.17) is 17.3 Å². The average molecular weight is 454 g/mol. The summed E-state index contributed by atoms with van der Waals surface area (Å²) >= 11 is 6.60. The van der Waals surface area contributed by atoms with Gasteiger partial charge >= 0.3 is 0 Å². The van der Waals surface area contributed by atoms with E-state index < -0.39 is 29.3 Å². The van der Waals surface area contributed by atoms with Crippen LogP contribution in [0.2, 0.25) is 5.02 Å². The maximum Gasteiger partial charge on any atom is 0.241 e. The third-order valence-corrected chi connectivity index (χ3v) is 7.05. The predicted octanol–water partition coefficient (Wildman–Crippen LogP) is 4.59. The summed E-state index contributed by atoms with van der Waals surface area (Å²) in [6.07, 6.45) is 3.68. The second-order valence-electron chi connectivity index (χ2n) is 8.29. The van der Waals surface area contributed by atoms with Crippen molar-refractivity contribution in [3.8, 4) is 6.07 Å². The number of ketones is 1. The molecule has 0 saturated carbocycles. The third kappa shape index (κ3) is 2.99. The van der Waals surface area contributed by atoms with Gasteiger partial charge in [-0.2, -0.15) is 5.26 Å². The van der Waals surface area contributed by atoms with Gasteiger partial charge in [0.1, 0.15) is 6.04 Å². The predicted molar refractivity (Wildman–Crippen MR) is 128 cm³/mol. The highest BCUT2D eigenvalue weighted by atomic mass is 35.5. The van der Waals surface area contributed by atoms with E-state index in [2.05, 4.69) is 6.07 Å². The van der Waals surface area contributed by atoms with Crippen molar-refractivity contribution in [3.63, 3.8) is 0 Å². The van der Waals surface area contributed by atoms with E-state index in [1.807, 2.05) is 41.3 Å². The number of amides is 1. The number of para-hydroxylation sites is 1. The first kappa shape index (κ1) is 21.0. The Morgan fingerprint density at radius 3 is 2.33 bits per heavy atom. The molecule has 0 aromatic heterocycles. The highest BCUT2D eigenvalue weighted by Gasteiger charge is 2.66. The maximum atomic E-state index is 14.1. The lowest BCUT2D eigenvalue weighted by Crippen LogP contribution is -2.49. The van der Waals surface area contributed by atoms with Crippen LogP contribution < -0.4 is 10.6 Å². The first-order valence-corrected chi connectivity index (χ1v) is 11.0. The van der Waals surface area contributed by atoms with Crippen LogP contribution in [0.5, 0.6) is 0 Å². The van der Waals surface area contributed by atoms with Crippen molar-refractivity contribution in [3.05, 3.63) is 107 Å². The third-order valence-electron chi connectivity index (χ3n) is 6.71. The van der Waals surface area contributed by atoms with Crippen molar-refractivity contribution in [2.24, 2.45) is 11.1 Å². The van der Waals surface area contributed by atoms with Gasteiger partial charge in [-0.25, -0.2) is 0 Å². The van der Waals surface area contributed by atoms with E-state index in [9.17, 15) is 14.9 Å². The van der Waals surface area contributed by atoms with Gasteiger partial charge in [0, 0.05) is 22.2 Å². The summed E-state index contributed by atoms with van der Waals surface area (Å²) in [4.78, 5) is 29.1. The summed E-state index contributed by atoms with van der Waals surface area (Å²) in [6.45, 7) is 0. The molecule has 1 fully saturated rings. The molecule has 33 heavy (non-hydrogen) atoms. The number of primary amides is 1. The van der Waals surface area contributed by atoms with Gasteiger partial charge in [-0.1, -0.05) is 90.5 Å². The minimum Gasteiger partial charge on any atom is -0.368 e. The van der Waals surface area contributed by atoms with Crippen molar-refractivity contribution < 1.29 is 9.59 Å². The molecule has 4 atom stereocenters. The topological polar surface area (TPSA) is 87.2 Å². The van der Waals surface area contributed by atoms with Crippen LogP contribution >= 0.6 is 11.6 Å². The molecule has 3 aromatic rings. The van der Waals surface area contributed by atoms with E-state index in [0.29, 0.717) is 16.1 Å². The van der Waals surface area contributed by atoms with Gasteiger partial charge in [0.05, 0.1) is 12.1 Å². The number of rotatable bonds is 4. The fraction of sp³-hybridized carbons (Fsp3) is 0.148. The number of nitrogens with two attached hydrogens (primary N) is 1. The van der Waals surface area contributed by atoms with E-state index >= 15 is 0 Å². The Morgan fingerprint density at radius 1 is 0.970 bits per heavy atom. The Balaban J connectivity index is 1.84. The first-order chi connectivity index (χ1) is 16.0. The Bertz CT molecular complexity index is 1330. The minimum absolute atomic E-state index is 0.200. The highest BCUT2D eigenvalue weighted by molar-refractivity contribution is 6.31. The molecule has 0 aliphatic carbocycles. The molecule has 5 nitrogen and oxygen atoms in total. The fourth-order valence-corrected chi connectivity index (χ4v) is 5.53. The summed E-state index contributed by atoms with van der Waals surface area (Å²) in [5, 5.41) is 10.9. The molecule has 162 valence electrons. The van der Waals surface area contributed by atoms with Crippen molar-refractivity contribution >= 4 is 35.1 Å². The monoisotopic (exact) mass is 453 g/mol. The molecule has 1 amide bonds. The molecule has 0 radical (unpaired) electrons. The van der Waals surface area contributed by atoms with Crippen molar-refractivity contribution in [2.75, 3.05) is 4.90 Å². The van der Waals surface area contributed by atoms with Gasteiger partial charge in [0.25, 0.3) is 0 Å². The van der Waals surface area contributed by atoms with Gasteiger partial charge in [-0.05, 0) is 23.3 Å². The summed E-state index contributed by atoms with van der Waals surface area (Å²) in [5.74, 6) is -1.85. The van der Waals surface area contributed by atoms with E-state index in [0.717, 1.165) is 11.3 Å². The maximum absolute atomic E-state index is 14.1. The Labute approximate surface area is 196 Å². The average Bonchev–Trinajstić information content (AvgIpc) is 3.16. The SMILES string of the molecule is N#CC1(C(N)=O)C(c2ccccc2Cl)C(C(=O)c2ccccc2)N2c3ccccc3C=CC21. The molecule has 0 spiro atoms. The molecular formula is C27H20ClN3O2. The quantitative estimate of drug-likeness (QED) is 0.585. The summed E-state index contributed by atoms with van der Waals surface area (Å²) in [6, 6.07) is 24.2. The number of halogens is 1. The molecule has 4 unspecified atom stereocenters. The zero-order valence-electron chi connectivity index (χ0n) is 17.6. The largest absolute Gasteiger partial charge is 0.368 e. The summed E-state index contributed by atoms with van der Waals surface area (Å²) in [5.41, 5.74) is 6.98. The smallest absolute Gasteiger partial charge is 0.241 e. The molecule has 0 bridgehead atoms. The Morgan fingerprint density at radius 2 is 1.64 bits per heavy atom. The van der Waals surface area contributed by atoms with Gasteiger partial charge in [-0.3, -0.25) is 9.59 Å². The lowest BCUT2D eigenvalue weighted by Gasteiger charge is -2.36.